The number of sulfonamides is 1. The number of hydrogen-bond donors (Lipinski definition) is 5. The van der Waals surface area contributed by atoms with Gasteiger partial charge in [0.05, 0.1) is 21.9 Å². The Morgan fingerprint density at radius 3 is 2.04 bits per heavy atom. The fourth-order valence-electron chi connectivity index (χ4n) is 1.23. The van der Waals surface area contributed by atoms with E-state index >= 15 is 0 Å². The third kappa shape index (κ3) is 9.80. The monoisotopic (exact) mass is 392 g/mol. The number of aliphatic hydroxyl groups is 2. The minimum atomic E-state index is -3.76. The molecule has 0 aliphatic carbocycles. The highest BCUT2D eigenvalue weighted by molar-refractivity contribution is 7.88. The molecule has 1 aromatic carbocycles. The van der Waals surface area contributed by atoms with Crippen LogP contribution in [0.15, 0.2) is 24.3 Å². The number of non-ortho nitro benzene ring substituents is 1. The Morgan fingerprint density at radius 1 is 1.15 bits per heavy atom. The first-order valence-corrected chi connectivity index (χ1v) is 9.22. The van der Waals surface area contributed by atoms with Crippen LogP contribution in [0.25, 0.3) is 0 Å². The van der Waals surface area contributed by atoms with Crippen LogP contribution in [0, 0.1) is 10.1 Å². The van der Waals surface area contributed by atoms with Crippen molar-refractivity contribution in [3.8, 4) is 0 Å². The Kier molecular flexibility index (Phi) is 8.83. The maximum atomic E-state index is 11.5. The molecular formula is C14H25BN2O8S. The summed E-state index contributed by atoms with van der Waals surface area (Å²) in [4.78, 5) is 9.88. The standard InChI is InChI=1S/C8H11BN2O6S.C6H14O2/c12-9(13)6-10-18(16,17)5-7-2-1-3-8(4-7)11(14)15;1-5(2,7)6(3,4)8/h1-4,10,12-13H,5-6H2;7-8H,1-4H3. The SMILES string of the molecule is CC(C)(O)C(C)(C)O.O=[N+]([O-])c1cccc(CS(=O)(=O)NCB(O)O)c1. The minimum absolute atomic E-state index is 0.204. The summed E-state index contributed by atoms with van der Waals surface area (Å²) in [5.41, 5.74) is -1.98. The summed E-state index contributed by atoms with van der Waals surface area (Å²) in [5.74, 6) is -0.471. The van der Waals surface area contributed by atoms with Crippen LogP contribution in [0.1, 0.15) is 33.3 Å². The minimum Gasteiger partial charge on any atom is -0.426 e. The number of hydrogen-bond acceptors (Lipinski definition) is 8. The predicted molar refractivity (Wildman–Crippen MR) is 96.5 cm³/mol. The average molecular weight is 392 g/mol. The van der Waals surface area contributed by atoms with Crippen molar-refractivity contribution in [2.24, 2.45) is 0 Å². The van der Waals surface area contributed by atoms with Crippen molar-refractivity contribution >= 4 is 22.8 Å². The van der Waals surface area contributed by atoms with Gasteiger partial charge in [-0.15, -0.1) is 0 Å². The molecule has 0 saturated carbocycles. The van der Waals surface area contributed by atoms with E-state index in [0.717, 1.165) is 6.07 Å². The first-order valence-electron chi connectivity index (χ1n) is 7.57. The smallest absolute Gasteiger partial charge is 0.426 e. The van der Waals surface area contributed by atoms with E-state index in [0.29, 0.717) is 0 Å². The first kappa shape index (κ1) is 24.4. The lowest BCUT2D eigenvalue weighted by Crippen LogP contribution is -2.44. The van der Waals surface area contributed by atoms with Crippen molar-refractivity contribution in [1.29, 1.82) is 0 Å². The fourth-order valence-corrected chi connectivity index (χ4v) is 2.36. The van der Waals surface area contributed by atoms with Crippen molar-refractivity contribution in [2.45, 2.75) is 44.6 Å². The van der Waals surface area contributed by atoms with Gasteiger partial charge in [0.25, 0.3) is 5.69 Å². The molecule has 0 atom stereocenters. The molecule has 0 unspecified atom stereocenters. The number of nitro benzene ring substituents is 1. The molecule has 0 heterocycles. The molecule has 12 heteroatoms. The van der Waals surface area contributed by atoms with Gasteiger partial charge >= 0.3 is 7.12 Å². The second kappa shape index (κ2) is 9.39. The van der Waals surface area contributed by atoms with Crippen LogP contribution in [-0.2, 0) is 15.8 Å². The molecule has 0 saturated heterocycles. The van der Waals surface area contributed by atoms with E-state index in [1.54, 1.807) is 27.7 Å². The van der Waals surface area contributed by atoms with Gasteiger partial charge in [-0.2, -0.15) is 0 Å². The summed E-state index contributed by atoms with van der Waals surface area (Å²) in [6.45, 7) is 6.31. The van der Waals surface area contributed by atoms with E-state index in [2.05, 4.69) is 0 Å². The summed E-state index contributed by atoms with van der Waals surface area (Å²) in [7, 11) is -5.55. The summed E-state index contributed by atoms with van der Waals surface area (Å²) in [6, 6.07) is 5.21. The van der Waals surface area contributed by atoms with E-state index in [1.807, 2.05) is 4.72 Å². The lowest BCUT2D eigenvalue weighted by Gasteiger charge is -2.31. The Labute approximate surface area is 152 Å². The lowest BCUT2D eigenvalue weighted by molar-refractivity contribution is -0.384. The number of rotatable bonds is 7. The summed E-state index contributed by atoms with van der Waals surface area (Å²) in [6.07, 6.45) is -0.530. The summed E-state index contributed by atoms with van der Waals surface area (Å²) < 4.78 is 24.9. The third-order valence-electron chi connectivity index (χ3n) is 3.46. The number of nitro groups is 1. The number of nitrogens with one attached hydrogen (secondary N) is 1. The van der Waals surface area contributed by atoms with Crippen LogP contribution in [0.2, 0.25) is 0 Å². The maximum Gasteiger partial charge on any atom is 0.467 e. The number of nitrogens with zero attached hydrogens (tertiary/aromatic N) is 1. The van der Waals surface area contributed by atoms with Crippen molar-refractivity contribution in [3.63, 3.8) is 0 Å². The van der Waals surface area contributed by atoms with Crippen molar-refractivity contribution in [3.05, 3.63) is 39.9 Å². The molecule has 0 spiro atoms. The van der Waals surface area contributed by atoms with Gasteiger partial charge in [-0.05, 0) is 33.3 Å². The second-order valence-corrected chi connectivity index (χ2v) is 8.44. The maximum absolute atomic E-state index is 11.5. The highest BCUT2D eigenvalue weighted by Gasteiger charge is 2.31. The van der Waals surface area contributed by atoms with E-state index in [-0.39, 0.29) is 11.3 Å². The van der Waals surface area contributed by atoms with E-state index in [1.165, 1.54) is 18.2 Å². The zero-order valence-corrected chi connectivity index (χ0v) is 15.9. The van der Waals surface area contributed by atoms with E-state index in [9.17, 15) is 18.5 Å². The molecule has 0 amide bonds. The molecule has 10 nitrogen and oxygen atoms in total. The fraction of sp³-hybridized carbons (Fsp3) is 0.571. The van der Waals surface area contributed by atoms with Gasteiger partial charge in [0, 0.05) is 18.6 Å². The Balaban J connectivity index is 0.000000660. The summed E-state index contributed by atoms with van der Waals surface area (Å²) in [5, 5.41) is 45.8. The predicted octanol–water partition coefficient (Wildman–Crippen LogP) is -0.446. The third-order valence-corrected chi connectivity index (χ3v) is 4.78. The van der Waals surface area contributed by atoms with Gasteiger partial charge in [-0.3, -0.25) is 10.1 Å². The number of benzene rings is 1. The van der Waals surface area contributed by atoms with Crippen LogP contribution in [-0.4, -0.2) is 58.4 Å². The second-order valence-electron chi connectivity index (χ2n) is 6.63. The average Bonchev–Trinajstić information content (AvgIpc) is 2.43. The van der Waals surface area contributed by atoms with Gasteiger partial charge in [0.1, 0.15) is 0 Å². The summed E-state index contributed by atoms with van der Waals surface area (Å²) >= 11 is 0. The molecule has 0 aliphatic heterocycles. The zero-order valence-electron chi connectivity index (χ0n) is 15.1. The highest BCUT2D eigenvalue weighted by Crippen LogP contribution is 2.19. The quantitative estimate of drug-likeness (QED) is 0.236. The van der Waals surface area contributed by atoms with Gasteiger partial charge in [0.2, 0.25) is 10.0 Å². The van der Waals surface area contributed by atoms with Gasteiger partial charge in [-0.25, -0.2) is 13.1 Å². The van der Waals surface area contributed by atoms with E-state index in [4.69, 9.17) is 20.3 Å². The highest BCUT2D eigenvalue weighted by atomic mass is 32.2. The van der Waals surface area contributed by atoms with Gasteiger partial charge in [0.15, 0.2) is 0 Å². The first-order chi connectivity index (χ1) is 11.5. The molecule has 148 valence electrons. The Hall–Kier alpha value is -1.57. The van der Waals surface area contributed by atoms with Crippen LogP contribution < -0.4 is 4.72 Å². The molecular weight excluding hydrogens is 367 g/mol. The largest absolute Gasteiger partial charge is 0.467 e. The molecule has 0 bridgehead atoms. The van der Waals surface area contributed by atoms with Gasteiger partial charge < -0.3 is 20.3 Å². The molecule has 26 heavy (non-hydrogen) atoms. The molecule has 5 N–H and O–H groups in total. The Bertz CT molecular complexity index is 684. The molecule has 1 aromatic rings. The zero-order chi connectivity index (χ0) is 20.8. The van der Waals surface area contributed by atoms with Crippen LogP contribution in [0.4, 0.5) is 5.69 Å². The topological polar surface area (TPSA) is 170 Å². The Morgan fingerprint density at radius 2 is 1.65 bits per heavy atom. The van der Waals surface area contributed by atoms with Crippen LogP contribution in [0.5, 0.6) is 0 Å². The molecule has 0 fully saturated rings. The molecule has 0 radical (unpaired) electrons. The van der Waals surface area contributed by atoms with Crippen molar-refractivity contribution in [2.75, 3.05) is 6.44 Å². The molecule has 0 aromatic heterocycles. The van der Waals surface area contributed by atoms with Crippen LogP contribution in [0.3, 0.4) is 0 Å². The van der Waals surface area contributed by atoms with Crippen molar-refractivity contribution in [1.82, 2.24) is 4.72 Å². The molecule has 0 aliphatic rings. The van der Waals surface area contributed by atoms with E-state index < -0.39 is 45.5 Å². The lowest BCUT2D eigenvalue weighted by atomic mass is 9.90. The van der Waals surface area contributed by atoms with Crippen LogP contribution >= 0.6 is 0 Å². The van der Waals surface area contributed by atoms with Gasteiger partial charge in [-0.1, -0.05) is 12.1 Å². The van der Waals surface area contributed by atoms with Crippen molar-refractivity contribution < 1.29 is 33.6 Å². The normalized spacial score (nSPS) is 12.2. The molecule has 1 rings (SSSR count).